The Morgan fingerprint density at radius 1 is 1.24 bits per heavy atom. The Morgan fingerprint density at radius 2 is 1.76 bits per heavy atom. The maximum Gasteiger partial charge on any atom is 0.269 e. The first kappa shape index (κ1) is 17.7. The number of nitro benzene ring substituents is 1. The molecule has 0 bridgehead atoms. The van der Waals surface area contributed by atoms with Crippen molar-refractivity contribution in [3.63, 3.8) is 0 Å². The second-order valence-electron chi connectivity index (χ2n) is 4.93. The molecule has 21 heavy (non-hydrogen) atoms. The lowest BCUT2D eigenvalue weighted by molar-refractivity contribution is -0.384. The van der Waals surface area contributed by atoms with Crippen molar-refractivity contribution in [3.05, 3.63) is 34.4 Å². The number of hydrogen-bond donors (Lipinski definition) is 0. The van der Waals surface area contributed by atoms with E-state index in [1.165, 1.54) is 24.3 Å². The average Bonchev–Trinajstić information content (AvgIpc) is 2.42. The third kappa shape index (κ3) is 5.51. The summed E-state index contributed by atoms with van der Waals surface area (Å²) < 4.78 is 28.2. The standard InChI is InChI=1S/C13H18ClNO5S/c1-3-13(4-2,10-21(14,18)19)9-20-12-7-5-11(6-8-12)15(16)17/h5-8H,3-4,9-10H2,1-2H3. The molecule has 6 nitrogen and oxygen atoms in total. The van der Waals surface area contributed by atoms with E-state index >= 15 is 0 Å². The molecule has 0 aliphatic carbocycles. The first-order chi connectivity index (χ1) is 9.71. The molecule has 0 fully saturated rings. The quantitative estimate of drug-likeness (QED) is 0.413. The van der Waals surface area contributed by atoms with E-state index in [0.717, 1.165) is 0 Å². The Balaban J connectivity index is 2.79. The van der Waals surface area contributed by atoms with E-state index < -0.39 is 19.4 Å². The fraction of sp³-hybridized carbons (Fsp3) is 0.538. The van der Waals surface area contributed by atoms with Gasteiger partial charge in [-0.2, -0.15) is 0 Å². The van der Waals surface area contributed by atoms with E-state index in [4.69, 9.17) is 15.4 Å². The van der Waals surface area contributed by atoms with Gasteiger partial charge in [0.15, 0.2) is 0 Å². The minimum Gasteiger partial charge on any atom is -0.493 e. The van der Waals surface area contributed by atoms with Gasteiger partial charge in [-0.15, -0.1) is 0 Å². The average molecular weight is 336 g/mol. The summed E-state index contributed by atoms with van der Waals surface area (Å²) in [6.45, 7) is 3.94. The molecule has 1 aromatic rings. The SMILES string of the molecule is CCC(CC)(COc1ccc([N+](=O)[O-])cc1)CS(=O)(=O)Cl. The van der Waals surface area contributed by atoms with Crippen molar-refractivity contribution in [2.24, 2.45) is 5.41 Å². The summed E-state index contributed by atoms with van der Waals surface area (Å²) in [5.41, 5.74) is -0.592. The maximum absolute atomic E-state index is 11.3. The van der Waals surface area contributed by atoms with E-state index in [0.29, 0.717) is 18.6 Å². The van der Waals surface area contributed by atoms with Gasteiger partial charge in [0, 0.05) is 28.2 Å². The van der Waals surface area contributed by atoms with Crippen LogP contribution >= 0.6 is 10.7 Å². The lowest BCUT2D eigenvalue weighted by Crippen LogP contribution is -2.33. The fourth-order valence-electron chi connectivity index (χ4n) is 1.97. The van der Waals surface area contributed by atoms with Crippen molar-refractivity contribution in [3.8, 4) is 5.75 Å². The third-order valence-corrected chi connectivity index (χ3v) is 4.86. The molecule has 0 N–H and O–H groups in total. The molecule has 1 rings (SSSR count). The van der Waals surface area contributed by atoms with Gasteiger partial charge in [0.2, 0.25) is 9.05 Å². The van der Waals surface area contributed by atoms with Crippen LogP contribution < -0.4 is 4.74 Å². The molecule has 8 heteroatoms. The van der Waals surface area contributed by atoms with Crippen molar-refractivity contribution in [1.82, 2.24) is 0 Å². The first-order valence-corrected chi connectivity index (χ1v) is 8.99. The predicted molar refractivity (Wildman–Crippen MR) is 81.2 cm³/mol. The highest BCUT2D eigenvalue weighted by Gasteiger charge is 2.32. The van der Waals surface area contributed by atoms with Crippen LogP contribution in [0.2, 0.25) is 0 Å². The summed E-state index contributed by atoms with van der Waals surface area (Å²) in [6.07, 6.45) is 1.20. The molecule has 0 radical (unpaired) electrons. The highest BCUT2D eigenvalue weighted by molar-refractivity contribution is 8.13. The van der Waals surface area contributed by atoms with Crippen molar-refractivity contribution in [2.45, 2.75) is 26.7 Å². The van der Waals surface area contributed by atoms with Gasteiger partial charge in [-0.1, -0.05) is 13.8 Å². The van der Waals surface area contributed by atoms with E-state index in [1.54, 1.807) is 0 Å². The van der Waals surface area contributed by atoms with Crippen molar-refractivity contribution >= 4 is 25.4 Å². The summed E-state index contributed by atoms with van der Waals surface area (Å²) >= 11 is 0. The Morgan fingerprint density at radius 3 is 2.14 bits per heavy atom. The maximum atomic E-state index is 11.3. The number of rotatable bonds is 8. The largest absolute Gasteiger partial charge is 0.493 e. The van der Waals surface area contributed by atoms with Gasteiger partial charge in [-0.25, -0.2) is 8.42 Å². The van der Waals surface area contributed by atoms with Crippen LogP contribution in [-0.4, -0.2) is 25.7 Å². The minimum atomic E-state index is -3.63. The molecule has 0 aromatic heterocycles. The molecule has 0 saturated carbocycles. The van der Waals surface area contributed by atoms with Crippen LogP contribution in [0.15, 0.2) is 24.3 Å². The number of hydrogen-bond acceptors (Lipinski definition) is 5. The van der Waals surface area contributed by atoms with Gasteiger partial charge in [-0.3, -0.25) is 10.1 Å². The van der Waals surface area contributed by atoms with Crippen LogP contribution in [0.5, 0.6) is 5.75 Å². The molecule has 0 atom stereocenters. The van der Waals surface area contributed by atoms with E-state index in [2.05, 4.69) is 0 Å². The second-order valence-corrected chi connectivity index (χ2v) is 7.71. The predicted octanol–water partition coefficient (Wildman–Crippen LogP) is 3.35. The molecule has 0 heterocycles. The number of nitro groups is 1. The lowest BCUT2D eigenvalue weighted by atomic mass is 9.85. The van der Waals surface area contributed by atoms with Gasteiger partial charge < -0.3 is 4.74 Å². The van der Waals surface area contributed by atoms with Gasteiger partial charge in [-0.05, 0) is 25.0 Å². The monoisotopic (exact) mass is 335 g/mol. The molecule has 118 valence electrons. The molecule has 0 saturated heterocycles. The van der Waals surface area contributed by atoms with E-state index in [1.807, 2.05) is 13.8 Å². The number of benzene rings is 1. The molecule has 1 aromatic carbocycles. The third-order valence-electron chi connectivity index (χ3n) is 3.57. The normalized spacial score (nSPS) is 12.1. The highest BCUT2D eigenvalue weighted by atomic mass is 35.7. The summed E-state index contributed by atoms with van der Waals surface area (Å²) in [4.78, 5) is 10.1. The van der Waals surface area contributed by atoms with Crippen LogP contribution in [0, 0.1) is 15.5 Å². The van der Waals surface area contributed by atoms with Gasteiger partial charge in [0.25, 0.3) is 5.69 Å². The van der Waals surface area contributed by atoms with E-state index in [9.17, 15) is 18.5 Å². The summed E-state index contributed by atoms with van der Waals surface area (Å²) in [5, 5.41) is 10.6. The fourth-order valence-corrected chi connectivity index (χ4v) is 3.88. The van der Waals surface area contributed by atoms with Crippen LogP contribution in [0.25, 0.3) is 0 Å². The zero-order valence-electron chi connectivity index (χ0n) is 11.9. The van der Waals surface area contributed by atoms with Crippen LogP contribution in [0.3, 0.4) is 0 Å². The molecular formula is C13H18ClNO5S. The summed E-state index contributed by atoms with van der Waals surface area (Å²) in [6, 6.07) is 5.66. The molecular weight excluding hydrogens is 318 g/mol. The van der Waals surface area contributed by atoms with E-state index in [-0.39, 0.29) is 18.0 Å². The Hall–Kier alpha value is -1.34. The zero-order valence-corrected chi connectivity index (χ0v) is 13.5. The van der Waals surface area contributed by atoms with Gasteiger partial charge in [0.1, 0.15) is 5.75 Å². The Bertz CT molecular complexity index is 581. The lowest BCUT2D eigenvalue weighted by Gasteiger charge is -2.30. The van der Waals surface area contributed by atoms with Crippen molar-refractivity contribution in [2.75, 3.05) is 12.4 Å². The number of non-ortho nitro benzene ring substituents is 1. The minimum absolute atomic E-state index is 0.0251. The smallest absolute Gasteiger partial charge is 0.269 e. The van der Waals surface area contributed by atoms with Crippen molar-refractivity contribution < 1.29 is 18.1 Å². The second kappa shape index (κ2) is 7.09. The van der Waals surface area contributed by atoms with Crippen LogP contribution in [0.1, 0.15) is 26.7 Å². The molecule has 0 aliphatic rings. The molecule has 0 amide bonds. The number of ether oxygens (including phenoxy) is 1. The molecule has 0 spiro atoms. The van der Waals surface area contributed by atoms with Gasteiger partial charge in [0.05, 0.1) is 17.3 Å². The first-order valence-electron chi connectivity index (χ1n) is 6.51. The summed E-state index contributed by atoms with van der Waals surface area (Å²) in [7, 11) is 1.73. The number of halogens is 1. The van der Waals surface area contributed by atoms with Crippen LogP contribution in [0.4, 0.5) is 5.69 Å². The van der Waals surface area contributed by atoms with Gasteiger partial charge >= 0.3 is 0 Å². The highest BCUT2D eigenvalue weighted by Crippen LogP contribution is 2.31. The zero-order chi connectivity index (χ0) is 16.1. The Labute approximate surface area is 128 Å². The van der Waals surface area contributed by atoms with Crippen LogP contribution in [-0.2, 0) is 9.05 Å². The Kier molecular flexibility index (Phi) is 5.98. The number of nitrogens with zero attached hydrogens (tertiary/aromatic N) is 1. The molecule has 0 unspecified atom stereocenters. The molecule has 0 aliphatic heterocycles. The topological polar surface area (TPSA) is 86.5 Å². The summed E-state index contributed by atoms with van der Waals surface area (Å²) in [5.74, 6) is 0.292. The van der Waals surface area contributed by atoms with Crippen molar-refractivity contribution in [1.29, 1.82) is 0 Å².